The summed E-state index contributed by atoms with van der Waals surface area (Å²) >= 11 is 1.09. The molecule has 0 saturated carbocycles. The molecule has 1 rings (SSSR count). The number of carboxylic acid groups (broad SMARTS) is 1. The van der Waals surface area contributed by atoms with Gasteiger partial charge in [-0.05, 0) is 12.8 Å². The highest BCUT2D eigenvalue weighted by Gasteiger charge is 2.23. The highest BCUT2D eigenvalue weighted by Crippen LogP contribution is 2.04. The minimum absolute atomic E-state index is 0.0912. The molecule has 0 fully saturated rings. The number of aliphatic carboxylic acids is 1. The molecule has 1 aromatic rings. The molecular weight excluding hydrogens is 268 g/mol. The van der Waals surface area contributed by atoms with Crippen LogP contribution in [0.15, 0.2) is 10.2 Å². The Kier molecular flexibility index (Phi) is 5.29. The number of aromatic nitrogens is 1. The van der Waals surface area contributed by atoms with Crippen LogP contribution < -0.4 is 10.2 Å². The first-order valence-electron chi connectivity index (χ1n) is 6.00. The zero-order valence-corrected chi connectivity index (χ0v) is 12.0. The summed E-state index contributed by atoms with van der Waals surface area (Å²) in [5.41, 5.74) is 0.807. The Morgan fingerprint density at radius 1 is 1.47 bits per heavy atom. The van der Waals surface area contributed by atoms with Crippen molar-refractivity contribution in [3.63, 3.8) is 0 Å². The number of carboxylic acids is 1. The van der Waals surface area contributed by atoms with Gasteiger partial charge in [0.15, 0.2) is 0 Å². The zero-order chi connectivity index (χ0) is 14.6. The molecule has 0 radical (unpaired) electrons. The number of rotatable bonds is 6. The average Bonchev–Trinajstić information content (AvgIpc) is 2.62. The van der Waals surface area contributed by atoms with Crippen LogP contribution in [0.5, 0.6) is 0 Å². The van der Waals surface area contributed by atoms with Gasteiger partial charge >= 0.3 is 10.8 Å². The van der Waals surface area contributed by atoms with Gasteiger partial charge in [0.05, 0.1) is 0 Å². The molecule has 1 aromatic heterocycles. The molecule has 0 aliphatic heterocycles. The first-order valence-corrected chi connectivity index (χ1v) is 6.88. The van der Waals surface area contributed by atoms with Crippen molar-refractivity contribution < 1.29 is 14.7 Å². The normalized spacial score (nSPS) is 12.4. The van der Waals surface area contributed by atoms with E-state index in [1.807, 2.05) is 0 Å². The molecule has 0 aromatic carbocycles. The number of nitrogens with zero attached hydrogens (tertiary/aromatic N) is 1. The molecule has 2 N–H and O–H groups in total. The number of aryl methyl sites for hydroxylation is 1. The van der Waals surface area contributed by atoms with Crippen LogP contribution in [0.4, 0.5) is 0 Å². The topological polar surface area (TPSA) is 88.4 Å². The molecule has 0 saturated heterocycles. The molecule has 0 unspecified atom stereocenters. The molecule has 0 bridgehead atoms. The number of hydrogen-bond donors (Lipinski definition) is 2. The number of carbonyl (C=O) groups is 2. The maximum absolute atomic E-state index is 11.7. The Morgan fingerprint density at radius 3 is 2.53 bits per heavy atom. The van der Waals surface area contributed by atoms with Crippen LogP contribution in [0.2, 0.25) is 0 Å². The zero-order valence-electron chi connectivity index (χ0n) is 11.2. The molecule has 6 nitrogen and oxygen atoms in total. The van der Waals surface area contributed by atoms with E-state index in [1.54, 1.807) is 26.2 Å². The largest absolute Gasteiger partial charge is 0.480 e. The summed E-state index contributed by atoms with van der Waals surface area (Å²) in [5.74, 6) is -1.60. The first-order chi connectivity index (χ1) is 8.82. The van der Waals surface area contributed by atoms with Gasteiger partial charge in [-0.1, -0.05) is 25.2 Å². The first kappa shape index (κ1) is 15.4. The molecule has 0 spiro atoms. The van der Waals surface area contributed by atoms with Crippen molar-refractivity contribution in [1.29, 1.82) is 0 Å². The van der Waals surface area contributed by atoms with E-state index in [4.69, 9.17) is 5.11 Å². The molecular formula is C12H18N2O4S. The summed E-state index contributed by atoms with van der Waals surface area (Å²) in [5, 5.41) is 13.2. The molecule has 19 heavy (non-hydrogen) atoms. The van der Waals surface area contributed by atoms with Gasteiger partial charge in [0, 0.05) is 24.0 Å². The number of thiazole rings is 1. The van der Waals surface area contributed by atoms with Crippen LogP contribution in [0.25, 0.3) is 0 Å². The quantitative estimate of drug-likeness (QED) is 0.811. The lowest BCUT2D eigenvalue weighted by atomic mass is 10.0. The lowest BCUT2D eigenvalue weighted by Crippen LogP contribution is -2.44. The van der Waals surface area contributed by atoms with Crippen molar-refractivity contribution in [2.75, 3.05) is 0 Å². The molecule has 1 heterocycles. The Hall–Kier alpha value is -1.63. The van der Waals surface area contributed by atoms with E-state index in [2.05, 4.69) is 5.32 Å². The molecule has 0 aliphatic rings. The maximum atomic E-state index is 11.7. The van der Waals surface area contributed by atoms with Gasteiger partial charge < -0.3 is 15.0 Å². The summed E-state index contributed by atoms with van der Waals surface area (Å²) in [7, 11) is 0. The molecule has 1 atom stereocenters. The number of carbonyl (C=O) groups excluding carboxylic acids is 1. The average molecular weight is 286 g/mol. The third kappa shape index (κ3) is 4.20. The third-order valence-electron chi connectivity index (χ3n) is 2.79. The Bertz CT molecular complexity index is 518. The van der Waals surface area contributed by atoms with E-state index < -0.39 is 12.0 Å². The minimum Gasteiger partial charge on any atom is -0.480 e. The van der Waals surface area contributed by atoms with Gasteiger partial charge in [-0.2, -0.15) is 0 Å². The molecule has 106 valence electrons. The van der Waals surface area contributed by atoms with Gasteiger partial charge in [-0.25, -0.2) is 4.79 Å². The van der Waals surface area contributed by atoms with Crippen molar-refractivity contribution in [3.05, 3.63) is 20.7 Å². The smallest absolute Gasteiger partial charge is 0.326 e. The van der Waals surface area contributed by atoms with Crippen molar-refractivity contribution >= 4 is 23.2 Å². The minimum atomic E-state index is -1.05. The third-order valence-corrected chi connectivity index (χ3v) is 3.67. The van der Waals surface area contributed by atoms with Crippen molar-refractivity contribution in [2.45, 2.75) is 39.8 Å². The Morgan fingerprint density at radius 2 is 2.11 bits per heavy atom. The Labute approximate surface area is 115 Å². The second kappa shape index (κ2) is 6.51. The van der Waals surface area contributed by atoms with Gasteiger partial charge in [0.2, 0.25) is 5.91 Å². The summed E-state index contributed by atoms with van der Waals surface area (Å²) < 4.78 is 1.51. The van der Waals surface area contributed by atoms with Gasteiger partial charge in [0.25, 0.3) is 0 Å². The fraction of sp³-hybridized carbons (Fsp3) is 0.583. The summed E-state index contributed by atoms with van der Waals surface area (Å²) in [6, 6.07) is -0.896. The van der Waals surface area contributed by atoms with Crippen LogP contribution in [-0.2, 0) is 16.1 Å². The van der Waals surface area contributed by atoms with E-state index in [-0.39, 0.29) is 29.7 Å². The highest BCUT2D eigenvalue weighted by atomic mass is 32.1. The highest BCUT2D eigenvalue weighted by molar-refractivity contribution is 7.07. The predicted octanol–water partition coefficient (Wildman–Crippen LogP) is 0.834. The van der Waals surface area contributed by atoms with E-state index in [0.717, 1.165) is 17.0 Å². The second-order valence-electron chi connectivity index (χ2n) is 4.67. The SMILES string of the molecule is Cc1csc(=O)n1CCC(=O)N[C@@H](C(=O)O)C(C)C. The molecule has 0 aliphatic carbocycles. The van der Waals surface area contributed by atoms with Crippen molar-refractivity contribution in [2.24, 2.45) is 5.92 Å². The number of nitrogens with one attached hydrogen (secondary N) is 1. The standard InChI is InChI=1S/C12H18N2O4S/c1-7(2)10(11(16)17)13-9(15)4-5-14-8(3)6-19-12(14)18/h6-7,10H,4-5H2,1-3H3,(H,13,15)(H,16,17)/t10-/m1/s1. The summed E-state index contributed by atoms with van der Waals surface area (Å²) in [4.78, 5) is 34.0. The summed E-state index contributed by atoms with van der Waals surface area (Å²) in [6.07, 6.45) is 0.0912. The van der Waals surface area contributed by atoms with Gasteiger partial charge in [-0.15, -0.1) is 0 Å². The fourth-order valence-electron chi connectivity index (χ4n) is 1.65. The van der Waals surface area contributed by atoms with Crippen molar-refractivity contribution in [3.8, 4) is 0 Å². The van der Waals surface area contributed by atoms with Crippen LogP contribution in [0.3, 0.4) is 0 Å². The van der Waals surface area contributed by atoms with Crippen LogP contribution in [-0.4, -0.2) is 27.6 Å². The summed E-state index contributed by atoms with van der Waals surface area (Å²) in [6.45, 7) is 5.52. The second-order valence-corrected chi connectivity index (χ2v) is 5.49. The van der Waals surface area contributed by atoms with E-state index in [0.29, 0.717) is 0 Å². The van der Waals surface area contributed by atoms with Gasteiger partial charge in [-0.3, -0.25) is 9.59 Å². The number of amides is 1. The van der Waals surface area contributed by atoms with E-state index in [1.165, 1.54) is 4.57 Å². The Balaban J connectivity index is 2.57. The monoisotopic (exact) mass is 286 g/mol. The van der Waals surface area contributed by atoms with Crippen LogP contribution in [0, 0.1) is 12.8 Å². The fourth-order valence-corrected chi connectivity index (χ4v) is 2.41. The van der Waals surface area contributed by atoms with E-state index in [9.17, 15) is 14.4 Å². The molecule has 7 heteroatoms. The predicted molar refractivity (Wildman–Crippen MR) is 72.3 cm³/mol. The molecule has 1 amide bonds. The maximum Gasteiger partial charge on any atom is 0.326 e. The van der Waals surface area contributed by atoms with E-state index >= 15 is 0 Å². The van der Waals surface area contributed by atoms with Gasteiger partial charge in [0.1, 0.15) is 6.04 Å². The van der Waals surface area contributed by atoms with Crippen LogP contribution >= 0.6 is 11.3 Å². The lowest BCUT2D eigenvalue weighted by Gasteiger charge is -2.17. The van der Waals surface area contributed by atoms with Crippen LogP contribution in [0.1, 0.15) is 26.0 Å². The van der Waals surface area contributed by atoms with Crippen molar-refractivity contribution in [1.82, 2.24) is 9.88 Å². The lowest BCUT2D eigenvalue weighted by molar-refractivity contribution is -0.143. The number of hydrogen-bond acceptors (Lipinski definition) is 4.